The third kappa shape index (κ3) is 4.11. The third-order valence-corrected chi connectivity index (χ3v) is 16.3. The fraction of sp³-hybridized carbons (Fsp3) is 0.100. The van der Waals surface area contributed by atoms with E-state index in [9.17, 15) is 0 Å². The van der Waals surface area contributed by atoms with E-state index in [1.807, 2.05) is 68.0 Å². The first-order valence-corrected chi connectivity index (χ1v) is 20.2. The van der Waals surface area contributed by atoms with Crippen molar-refractivity contribution in [3.05, 3.63) is 106 Å². The summed E-state index contributed by atoms with van der Waals surface area (Å²) in [5, 5.41) is 11.2. The Balaban J connectivity index is 1.23. The molecule has 0 amide bonds. The van der Waals surface area contributed by atoms with Gasteiger partial charge in [0.1, 0.15) is 0 Å². The van der Waals surface area contributed by atoms with Crippen molar-refractivity contribution in [3.8, 4) is 39.0 Å². The van der Waals surface area contributed by atoms with Crippen LogP contribution in [0.5, 0.6) is 0 Å². The Morgan fingerprint density at radius 2 is 0.652 bits per heavy atom. The van der Waals surface area contributed by atoms with E-state index < -0.39 is 0 Å². The SMILES string of the molecule is Cc1cc2c3cc(-c4ccc(-c5ccc(C)s5)s4)sc3c3cc(C)cc4c5cc(-c6ccc(-c7ccc(C)s7)s6)sc5c(c1)c2c43. The first-order chi connectivity index (χ1) is 22.4. The molecule has 0 unspecified atom stereocenters. The van der Waals surface area contributed by atoms with Crippen LogP contribution in [0.4, 0.5) is 0 Å². The van der Waals surface area contributed by atoms with Crippen molar-refractivity contribution in [2.45, 2.75) is 27.7 Å². The van der Waals surface area contributed by atoms with E-state index in [4.69, 9.17) is 0 Å². The molecule has 10 rings (SSSR count). The summed E-state index contributed by atoms with van der Waals surface area (Å²) < 4.78 is 2.82. The molecule has 0 spiro atoms. The molecule has 0 atom stereocenters. The normalized spacial score (nSPS) is 12.3. The lowest BCUT2D eigenvalue weighted by atomic mass is 9.88. The molecule has 0 radical (unpaired) electrons. The summed E-state index contributed by atoms with van der Waals surface area (Å²) in [5.41, 5.74) is 2.65. The van der Waals surface area contributed by atoms with E-state index >= 15 is 0 Å². The van der Waals surface area contributed by atoms with Gasteiger partial charge < -0.3 is 0 Å². The first-order valence-electron chi connectivity index (χ1n) is 15.3. The van der Waals surface area contributed by atoms with Crippen LogP contribution in [0, 0.1) is 27.7 Å². The Bertz CT molecular complexity index is 2500. The minimum Gasteiger partial charge on any atom is -0.140 e. The molecular weight excluding hydrogens is 673 g/mol. The summed E-state index contributed by atoms with van der Waals surface area (Å²) in [4.78, 5) is 13.6. The number of aryl methyl sites for hydroxylation is 4. The fourth-order valence-electron chi connectivity index (χ4n) is 7.06. The van der Waals surface area contributed by atoms with E-state index in [1.165, 1.54) is 112 Å². The number of benzene rings is 4. The van der Waals surface area contributed by atoms with Crippen LogP contribution in [-0.2, 0) is 0 Å². The largest absolute Gasteiger partial charge is 0.140 e. The average Bonchev–Trinajstić information content (AvgIpc) is 3.87. The van der Waals surface area contributed by atoms with Crippen LogP contribution < -0.4 is 0 Å². The first kappa shape index (κ1) is 27.7. The zero-order chi connectivity index (χ0) is 30.8. The Kier molecular flexibility index (Phi) is 6.07. The molecule has 0 saturated carbocycles. The van der Waals surface area contributed by atoms with Crippen LogP contribution in [0.15, 0.2) is 84.9 Å². The summed E-state index contributed by atoms with van der Waals surface area (Å²) in [6.07, 6.45) is 0. The maximum Gasteiger partial charge on any atom is 0.0455 e. The maximum absolute atomic E-state index is 2.48. The highest BCUT2D eigenvalue weighted by Crippen LogP contribution is 2.52. The van der Waals surface area contributed by atoms with E-state index in [1.54, 1.807) is 0 Å². The van der Waals surface area contributed by atoms with Gasteiger partial charge in [-0.25, -0.2) is 0 Å². The van der Waals surface area contributed by atoms with Crippen molar-refractivity contribution in [2.75, 3.05) is 0 Å². The van der Waals surface area contributed by atoms with Crippen LogP contribution in [0.2, 0.25) is 0 Å². The molecule has 6 heterocycles. The Morgan fingerprint density at radius 3 is 1.04 bits per heavy atom. The number of thiophene rings is 6. The maximum atomic E-state index is 2.48. The molecule has 0 saturated heterocycles. The van der Waals surface area contributed by atoms with Gasteiger partial charge in [0.2, 0.25) is 0 Å². The second-order valence-corrected chi connectivity index (χ2v) is 19.2. The minimum atomic E-state index is 1.32. The summed E-state index contributed by atoms with van der Waals surface area (Å²) in [5.74, 6) is 0. The highest BCUT2D eigenvalue weighted by Gasteiger charge is 2.22. The second-order valence-electron chi connectivity index (χ2n) is 12.3. The lowest BCUT2D eigenvalue weighted by Gasteiger charge is -2.15. The van der Waals surface area contributed by atoms with Crippen molar-refractivity contribution >= 4 is 121 Å². The van der Waals surface area contributed by atoms with Gasteiger partial charge in [0.25, 0.3) is 0 Å². The molecule has 6 aromatic heterocycles. The molecule has 0 aliphatic rings. The average molecular weight is 699 g/mol. The lowest BCUT2D eigenvalue weighted by Crippen LogP contribution is -1.88. The van der Waals surface area contributed by atoms with Gasteiger partial charge in [-0.1, -0.05) is 12.1 Å². The van der Waals surface area contributed by atoms with Crippen LogP contribution in [0.25, 0.3) is 91.5 Å². The molecule has 0 nitrogen and oxygen atoms in total. The van der Waals surface area contributed by atoms with E-state index in [2.05, 4.69) is 113 Å². The Morgan fingerprint density at radius 1 is 0.304 bits per heavy atom. The number of rotatable bonds is 4. The van der Waals surface area contributed by atoms with Crippen LogP contribution >= 0.6 is 68.0 Å². The van der Waals surface area contributed by atoms with Crippen LogP contribution in [0.1, 0.15) is 20.9 Å². The Labute approximate surface area is 290 Å². The van der Waals surface area contributed by atoms with Crippen molar-refractivity contribution in [1.29, 1.82) is 0 Å². The predicted molar refractivity (Wildman–Crippen MR) is 213 cm³/mol. The van der Waals surface area contributed by atoms with E-state index in [0.717, 1.165) is 0 Å². The molecule has 4 aromatic carbocycles. The molecule has 0 aliphatic heterocycles. The second kappa shape index (κ2) is 10.1. The molecule has 0 fully saturated rings. The van der Waals surface area contributed by atoms with Gasteiger partial charge >= 0.3 is 0 Å². The molecule has 10 aromatic rings. The van der Waals surface area contributed by atoms with Gasteiger partial charge in [0, 0.05) is 79.7 Å². The van der Waals surface area contributed by atoms with Crippen LogP contribution in [0.3, 0.4) is 0 Å². The van der Waals surface area contributed by atoms with Crippen molar-refractivity contribution in [1.82, 2.24) is 0 Å². The molecule has 0 aliphatic carbocycles. The fourth-order valence-corrected chi connectivity index (χ4v) is 13.5. The summed E-state index contributed by atoms with van der Waals surface area (Å²) in [6.45, 7) is 8.91. The zero-order valence-corrected chi connectivity index (χ0v) is 30.4. The quantitative estimate of drug-likeness (QED) is 0.161. The van der Waals surface area contributed by atoms with Crippen molar-refractivity contribution in [3.63, 3.8) is 0 Å². The monoisotopic (exact) mass is 698 g/mol. The zero-order valence-electron chi connectivity index (χ0n) is 25.5. The smallest absolute Gasteiger partial charge is 0.0455 e. The van der Waals surface area contributed by atoms with Gasteiger partial charge in [-0.2, -0.15) is 0 Å². The molecule has 0 bridgehead atoms. The van der Waals surface area contributed by atoms with Crippen molar-refractivity contribution in [2.24, 2.45) is 0 Å². The topological polar surface area (TPSA) is 0 Å². The predicted octanol–water partition coefficient (Wildman–Crippen LogP) is 15.2. The summed E-state index contributed by atoms with van der Waals surface area (Å²) in [7, 11) is 0. The summed E-state index contributed by atoms with van der Waals surface area (Å²) in [6, 6.07) is 32.9. The number of hydrogen-bond acceptors (Lipinski definition) is 6. The molecule has 46 heavy (non-hydrogen) atoms. The Hall–Kier alpha value is -3.36. The minimum absolute atomic E-state index is 1.32. The molecule has 6 heteroatoms. The van der Waals surface area contributed by atoms with Gasteiger partial charge in [-0.3, -0.25) is 0 Å². The highest BCUT2D eigenvalue weighted by atomic mass is 32.1. The van der Waals surface area contributed by atoms with Gasteiger partial charge in [-0.15, -0.1) is 68.0 Å². The number of fused-ring (bicyclic) bond motifs is 6. The van der Waals surface area contributed by atoms with Gasteiger partial charge in [0.15, 0.2) is 0 Å². The van der Waals surface area contributed by atoms with Crippen molar-refractivity contribution < 1.29 is 0 Å². The molecular formula is C40H26S6. The standard InChI is InChI=1S/C40H26S6/c1-19-13-23-25-17-35(33-11-9-31(43-33)29-7-5-21(3)41-29)46-40(25)28-16-20(2)14-24-26-18-36(45-39(26)27(15-19)37(23)38(24)28)34-12-10-32(44-34)30-8-6-22(4)42-30/h5-18H,1-4H3. The molecule has 222 valence electrons. The lowest BCUT2D eigenvalue weighted by molar-refractivity contribution is 1.53. The van der Waals surface area contributed by atoms with E-state index in [-0.39, 0.29) is 0 Å². The summed E-state index contributed by atoms with van der Waals surface area (Å²) >= 11 is 11.5. The number of hydrogen-bond donors (Lipinski definition) is 0. The van der Waals surface area contributed by atoms with Gasteiger partial charge in [0.05, 0.1) is 0 Å². The van der Waals surface area contributed by atoms with E-state index in [0.29, 0.717) is 0 Å². The van der Waals surface area contributed by atoms with Gasteiger partial charge in [-0.05, 0) is 133 Å². The third-order valence-electron chi connectivity index (χ3n) is 9.01. The molecule has 0 N–H and O–H groups in total. The highest BCUT2D eigenvalue weighted by molar-refractivity contribution is 7.30. The van der Waals surface area contributed by atoms with Crippen LogP contribution in [-0.4, -0.2) is 0 Å².